The Bertz CT molecular complexity index is 151. The summed E-state index contributed by atoms with van der Waals surface area (Å²) >= 11 is 0. The zero-order chi connectivity index (χ0) is 10.3. The summed E-state index contributed by atoms with van der Waals surface area (Å²) in [7, 11) is 1.54. The number of nitrogens with one attached hydrogen (secondary N) is 1. The lowest BCUT2D eigenvalue weighted by molar-refractivity contribution is -0.120. The number of amides is 1. The molecule has 5 nitrogen and oxygen atoms in total. The molecule has 0 unspecified atom stereocenters. The van der Waals surface area contributed by atoms with Crippen LogP contribution >= 0.6 is 0 Å². The summed E-state index contributed by atoms with van der Waals surface area (Å²) in [6.07, 6.45) is -0.919. The molecule has 0 saturated carbocycles. The molecule has 0 saturated heterocycles. The summed E-state index contributed by atoms with van der Waals surface area (Å²) in [6, 6.07) is 0. The Hall–Kier alpha value is -0.650. The molecule has 0 aliphatic heterocycles. The van der Waals surface area contributed by atoms with Gasteiger partial charge in [0.15, 0.2) is 0 Å². The first kappa shape index (κ1) is 12.3. The van der Waals surface area contributed by atoms with Crippen LogP contribution in [0.3, 0.4) is 0 Å². The van der Waals surface area contributed by atoms with Gasteiger partial charge in [-0.2, -0.15) is 0 Å². The Morgan fingerprint density at radius 3 is 2.46 bits per heavy atom. The molecule has 4 N–H and O–H groups in total. The van der Waals surface area contributed by atoms with Crippen LogP contribution in [-0.2, 0) is 4.79 Å². The fourth-order valence-electron chi connectivity index (χ4n) is 0.911. The van der Waals surface area contributed by atoms with Crippen molar-refractivity contribution in [2.24, 2.45) is 0 Å². The van der Waals surface area contributed by atoms with Crippen molar-refractivity contribution in [3.8, 4) is 0 Å². The van der Waals surface area contributed by atoms with Gasteiger partial charge in [0.05, 0.1) is 12.7 Å². The molecular weight excluding hydrogens is 174 g/mol. The zero-order valence-electron chi connectivity index (χ0n) is 7.73. The van der Waals surface area contributed by atoms with Gasteiger partial charge in [-0.3, -0.25) is 4.79 Å². The number of carbonyl (C=O) groups is 1. The summed E-state index contributed by atoms with van der Waals surface area (Å²) in [5.74, 6) is -0.0920. The molecule has 78 valence electrons. The van der Waals surface area contributed by atoms with E-state index in [0.29, 0.717) is 19.3 Å². The van der Waals surface area contributed by atoms with Gasteiger partial charge in [-0.1, -0.05) is 0 Å². The van der Waals surface area contributed by atoms with Crippen LogP contribution in [0.2, 0.25) is 0 Å². The maximum absolute atomic E-state index is 10.7. The molecule has 0 fully saturated rings. The fraction of sp³-hybridized carbons (Fsp3) is 0.875. The van der Waals surface area contributed by atoms with Crippen molar-refractivity contribution in [3.63, 3.8) is 0 Å². The second-order valence-electron chi connectivity index (χ2n) is 2.88. The first-order chi connectivity index (χ1) is 6.11. The zero-order valence-corrected chi connectivity index (χ0v) is 7.73. The number of hydrogen-bond donors (Lipinski definition) is 4. The quantitative estimate of drug-likeness (QED) is 0.416. The first-order valence-electron chi connectivity index (χ1n) is 4.29. The minimum atomic E-state index is -1.11. The second-order valence-corrected chi connectivity index (χ2v) is 2.88. The van der Waals surface area contributed by atoms with E-state index in [1.54, 1.807) is 7.05 Å². The Labute approximate surface area is 77.4 Å². The Morgan fingerprint density at radius 2 is 2.00 bits per heavy atom. The van der Waals surface area contributed by atoms with Crippen molar-refractivity contribution in [3.05, 3.63) is 0 Å². The van der Waals surface area contributed by atoms with Gasteiger partial charge in [0.2, 0.25) is 5.91 Å². The largest absolute Gasteiger partial charge is 0.394 e. The third-order valence-electron chi connectivity index (χ3n) is 1.81. The summed E-state index contributed by atoms with van der Waals surface area (Å²) in [6.45, 7) is -0.457. The molecule has 0 aromatic heterocycles. The standard InChI is InChI=1S/C8H17NO4/c1-9-8(13)4-2-3-6(11)7(12)5-10/h6-7,10-12H,2-5H2,1H3,(H,9,13)/t6-,7+/m0/s1. The van der Waals surface area contributed by atoms with Crippen LogP contribution in [0.25, 0.3) is 0 Å². The fourth-order valence-corrected chi connectivity index (χ4v) is 0.911. The van der Waals surface area contributed by atoms with E-state index in [1.807, 2.05) is 0 Å². The third kappa shape index (κ3) is 5.57. The van der Waals surface area contributed by atoms with Crippen molar-refractivity contribution in [2.75, 3.05) is 13.7 Å². The molecule has 0 bridgehead atoms. The van der Waals surface area contributed by atoms with Gasteiger partial charge >= 0.3 is 0 Å². The van der Waals surface area contributed by atoms with E-state index in [1.165, 1.54) is 0 Å². The average Bonchev–Trinajstić information content (AvgIpc) is 2.15. The lowest BCUT2D eigenvalue weighted by Crippen LogP contribution is -2.29. The van der Waals surface area contributed by atoms with E-state index in [-0.39, 0.29) is 5.91 Å². The molecule has 1 amide bonds. The van der Waals surface area contributed by atoms with Gasteiger partial charge in [-0.15, -0.1) is 0 Å². The predicted molar refractivity (Wildman–Crippen MR) is 47.0 cm³/mol. The van der Waals surface area contributed by atoms with E-state index in [9.17, 15) is 4.79 Å². The third-order valence-corrected chi connectivity index (χ3v) is 1.81. The summed E-state index contributed by atoms with van der Waals surface area (Å²) in [5.41, 5.74) is 0. The highest BCUT2D eigenvalue weighted by Gasteiger charge is 2.14. The lowest BCUT2D eigenvalue weighted by Gasteiger charge is -2.14. The lowest BCUT2D eigenvalue weighted by atomic mass is 10.1. The van der Waals surface area contributed by atoms with E-state index < -0.39 is 18.8 Å². The van der Waals surface area contributed by atoms with E-state index in [0.717, 1.165) is 0 Å². The van der Waals surface area contributed by atoms with Gasteiger partial charge in [-0.25, -0.2) is 0 Å². The molecule has 2 atom stereocenters. The number of carbonyl (C=O) groups excluding carboxylic acids is 1. The Kier molecular flexibility index (Phi) is 6.48. The summed E-state index contributed by atoms with van der Waals surface area (Å²) < 4.78 is 0. The van der Waals surface area contributed by atoms with Crippen molar-refractivity contribution >= 4 is 5.91 Å². The predicted octanol–water partition coefficient (Wildman–Crippen LogP) is -1.38. The van der Waals surface area contributed by atoms with Crippen LogP contribution in [0.15, 0.2) is 0 Å². The molecule has 0 rings (SSSR count). The van der Waals surface area contributed by atoms with Gasteiger partial charge in [0, 0.05) is 13.5 Å². The van der Waals surface area contributed by atoms with Crippen molar-refractivity contribution in [2.45, 2.75) is 31.5 Å². The molecule has 0 spiro atoms. The maximum atomic E-state index is 10.7. The van der Waals surface area contributed by atoms with Crippen LogP contribution in [0.5, 0.6) is 0 Å². The molecule has 0 aromatic rings. The molecule has 0 aliphatic carbocycles. The Morgan fingerprint density at radius 1 is 1.38 bits per heavy atom. The van der Waals surface area contributed by atoms with E-state index in [4.69, 9.17) is 15.3 Å². The van der Waals surface area contributed by atoms with Gasteiger partial charge < -0.3 is 20.6 Å². The minimum absolute atomic E-state index is 0.0920. The Balaban J connectivity index is 3.47. The summed E-state index contributed by atoms with van der Waals surface area (Å²) in [5, 5.41) is 29.0. The van der Waals surface area contributed by atoms with Gasteiger partial charge in [0.1, 0.15) is 6.10 Å². The summed E-state index contributed by atoms with van der Waals surface area (Å²) in [4.78, 5) is 10.7. The smallest absolute Gasteiger partial charge is 0.219 e. The molecule has 5 heteroatoms. The topological polar surface area (TPSA) is 89.8 Å². The molecule has 0 heterocycles. The molecular formula is C8H17NO4. The number of hydrogen-bond acceptors (Lipinski definition) is 4. The number of rotatable bonds is 6. The van der Waals surface area contributed by atoms with Crippen LogP contribution in [0.1, 0.15) is 19.3 Å². The highest BCUT2D eigenvalue weighted by Crippen LogP contribution is 2.04. The van der Waals surface area contributed by atoms with Gasteiger partial charge in [-0.05, 0) is 12.8 Å². The highest BCUT2D eigenvalue weighted by molar-refractivity contribution is 5.75. The van der Waals surface area contributed by atoms with Crippen LogP contribution in [-0.4, -0.2) is 47.1 Å². The van der Waals surface area contributed by atoms with Crippen LogP contribution < -0.4 is 5.32 Å². The van der Waals surface area contributed by atoms with Gasteiger partial charge in [0.25, 0.3) is 0 Å². The van der Waals surface area contributed by atoms with Crippen molar-refractivity contribution in [1.82, 2.24) is 5.32 Å². The van der Waals surface area contributed by atoms with Crippen molar-refractivity contribution < 1.29 is 20.1 Å². The van der Waals surface area contributed by atoms with Crippen LogP contribution in [0.4, 0.5) is 0 Å². The molecule has 13 heavy (non-hydrogen) atoms. The monoisotopic (exact) mass is 191 g/mol. The highest BCUT2D eigenvalue weighted by atomic mass is 16.4. The maximum Gasteiger partial charge on any atom is 0.219 e. The van der Waals surface area contributed by atoms with Crippen LogP contribution in [0, 0.1) is 0 Å². The number of aliphatic hydroxyl groups is 3. The SMILES string of the molecule is CNC(=O)CCC[C@H](O)[C@H](O)CO. The molecule has 0 aromatic carbocycles. The van der Waals surface area contributed by atoms with E-state index >= 15 is 0 Å². The number of aliphatic hydroxyl groups excluding tert-OH is 3. The second kappa shape index (κ2) is 6.82. The average molecular weight is 191 g/mol. The minimum Gasteiger partial charge on any atom is -0.394 e. The normalized spacial score (nSPS) is 15.1. The van der Waals surface area contributed by atoms with E-state index in [2.05, 4.69) is 5.32 Å². The molecule has 0 aliphatic rings. The van der Waals surface area contributed by atoms with Crippen molar-refractivity contribution in [1.29, 1.82) is 0 Å². The first-order valence-corrected chi connectivity index (χ1v) is 4.29. The molecule has 0 radical (unpaired) electrons.